The van der Waals surface area contributed by atoms with E-state index in [0.29, 0.717) is 6.04 Å². The number of hydrogen-bond acceptors (Lipinski definition) is 2. The normalized spacial score (nSPS) is 13.6. The maximum Gasteiger partial charge on any atom is 0.0436 e. The molecule has 0 radical (unpaired) electrons. The van der Waals surface area contributed by atoms with Crippen LogP contribution in [0.1, 0.15) is 51.3 Å². The first-order chi connectivity index (χ1) is 8.48. The molecule has 0 saturated heterocycles. The Bertz CT molecular complexity index is 343. The summed E-state index contributed by atoms with van der Waals surface area (Å²) >= 11 is 0. The molecule has 1 atom stereocenters. The van der Waals surface area contributed by atoms with Crippen LogP contribution in [-0.4, -0.2) is 18.3 Å². The minimum atomic E-state index is 0.145. The second kappa shape index (κ2) is 6.91. The summed E-state index contributed by atoms with van der Waals surface area (Å²) in [6.07, 6.45) is 1.92. The summed E-state index contributed by atoms with van der Waals surface area (Å²) in [6.45, 7) is 9.91. The van der Waals surface area contributed by atoms with Crippen molar-refractivity contribution in [3.05, 3.63) is 35.4 Å². The lowest BCUT2D eigenvalue weighted by molar-refractivity contribution is 0.204. The van der Waals surface area contributed by atoms with Crippen molar-refractivity contribution in [3.8, 4) is 0 Å². The van der Waals surface area contributed by atoms with Crippen LogP contribution >= 0.6 is 0 Å². The lowest BCUT2D eigenvalue weighted by atomic mass is 9.89. The minimum absolute atomic E-state index is 0.145. The van der Waals surface area contributed by atoms with E-state index >= 15 is 0 Å². The van der Waals surface area contributed by atoms with Crippen LogP contribution in [0.2, 0.25) is 0 Å². The van der Waals surface area contributed by atoms with E-state index in [-0.39, 0.29) is 12.0 Å². The predicted octanol–water partition coefficient (Wildman–Crippen LogP) is 3.31. The molecule has 0 aromatic heterocycles. The summed E-state index contributed by atoms with van der Waals surface area (Å²) in [4.78, 5) is 0. The fourth-order valence-electron chi connectivity index (χ4n) is 1.98. The summed E-state index contributed by atoms with van der Waals surface area (Å²) in [7, 11) is 0. The van der Waals surface area contributed by atoms with Gasteiger partial charge in [-0.25, -0.2) is 0 Å². The van der Waals surface area contributed by atoms with Gasteiger partial charge < -0.3 is 10.4 Å². The molecule has 1 aromatic rings. The van der Waals surface area contributed by atoms with E-state index in [0.717, 1.165) is 19.4 Å². The van der Waals surface area contributed by atoms with Gasteiger partial charge in [0.25, 0.3) is 0 Å². The zero-order chi connectivity index (χ0) is 13.6. The maximum absolute atomic E-state index is 9.01. The minimum Gasteiger partial charge on any atom is -0.396 e. The Balaban J connectivity index is 2.51. The molecule has 0 heterocycles. The van der Waals surface area contributed by atoms with Gasteiger partial charge in [-0.2, -0.15) is 0 Å². The van der Waals surface area contributed by atoms with Crippen LogP contribution in [0.3, 0.4) is 0 Å². The van der Waals surface area contributed by atoms with E-state index in [4.69, 9.17) is 5.11 Å². The quantitative estimate of drug-likeness (QED) is 0.777. The van der Waals surface area contributed by atoms with Crippen LogP contribution in [0, 0.1) is 5.41 Å². The zero-order valence-electron chi connectivity index (χ0n) is 12.2. The first-order valence-corrected chi connectivity index (χ1v) is 6.91. The van der Waals surface area contributed by atoms with Gasteiger partial charge in [0.15, 0.2) is 0 Å². The maximum atomic E-state index is 9.01. The first kappa shape index (κ1) is 15.2. The van der Waals surface area contributed by atoms with Crippen LogP contribution in [0.5, 0.6) is 0 Å². The van der Waals surface area contributed by atoms with Crippen molar-refractivity contribution in [2.75, 3.05) is 13.2 Å². The molecule has 102 valence electrons. The molecule has 0 spiro atoms. The van der Waals surface area contributed by atoms with Crippen molar-refractivity contribution < 1.29 is 5.11 Å². The molecule has 0 aliphatic heterocycles. The third-order valence-electron chi connectivity index (χ3n) is 3.56. The number of aryl methyl sites for hydroxylation is 1. The largest absolute Gasteiger partial charge is 0.396 e. The van der Waals surface area contributed by atoms with Crippen LogP contribution in [0.15, 0.2) is 24.3 Å². The fraction of sp³-hybridized carbons (Fsp3) is 0.625. The van der Waals surface area contributed by atoms with Gasteiger partial charge in [-0.15, -0.1) is 0 Å². The van der Waals surface area contributed by atoms with Gasteiger partial charge in [-0.3, -0.25) is 0 Å². The number of hydrogen-bond donors (Lipinski definition) is 2. The molecular formula is C16H27NO. The molecule has 0 bridgehead atoms. The van der Waals surface area contributed by atoms with Gasteiger partial charge in [0.2, 0.25) is 0 Å². The molecule has 0 fully saturated rings. The summed E-state index contributed by atoms with van der Waals surface area (Å²) in [5, 5.41) is 12.6. The van der Waals surface area contributed by atoms with Gasteiger partial charge in [0, 0.05) is 19.2 Å². The fourth-order valence-corrected chi connectivity index (χ4v) is 1.98. The average molecular weight is 249 g/mol. The summed E-state index contributed by atoms with van der Waals surface area (Å²) in [5.74, 6) is 0. The Morgan fingerprint density at radius 2 is 1.83 bits per heavy atom. The molecule has 1 rings (SSSR count). The van der Waals surface area contributed by atoms with Crippen molar-refractivity contribution in [3.63, 3.8) is 0 Å². The lowest BCUT2D eigenvalue weighted by Crippen LogP contribution is -2.32. The molecule has 2 heteroatoms. The second-order valence-electron chi connectivity index (χ2n) is 5.84. The molecule has 2 nitrogen and oxygen atoms in total. The molecule has 2 N–H and O–H groups in total. The SMILES string of the molecule is CCc1ccc(C(C)NCC(C)(C)CCO)cc1. The highest BCUT2D eigenvalue weighted by Gasteiger charge is 2.18. The van der Waals surface area contributed by atoms with Gasteiger partial charge in [-0.1, -0.05) is 45.0 Å². The molecule has 18 heavy (non-hydrogen) atoms. The molecular weight excluding hydrogens is 222 g/mol. The monoisotopic (exact) mass is 249 g/mol. The summed E-state index contributed by atoms with van der Waals surface area (Å²) < 4.78 is 0. The first-order valence-electron chi connectivity index (χ1n) is 6.91. The average Bonchev–Trinajstić information content (AvgIpc) is 2.36. The Hall–Kier alpha value is -0.860. The van der Waals surface area contributed by atoms with Crippen molar-refractivity contribution in [1.29, 1.82) is 0 Å². The summed E-state index contributed by atoms with van der Waals surface area (Å²) in [5.41, 5.74) is 2.85. The number of aliphatic hydroxyl groups is 1. The smallest absolute Gasteiger partial charge is 0.0436 e. The lowest BCUT2D eigenvalue weighted by Gasteiger charge is -2.26. The highest BCUT2D eigenvalue weighted by molar-refractivity contribution is 5.24. The predicted molar refractivity (Wildman–Crippen MR) is 77.7 cm³/mol. The van der Waals surface area contributed by atoms with E-state index in [9.17, 15) is 0 Å². The second-order valence-corrected chi connectivity index (χ2v) is 5.84. The van der Waals surface area contributed by atoms with E-state index < -0.39 is 0 Å². The standard InChI is InChI=1S/C16H27NO/c1-5-14-6-8-15(9-7-14)13(2)17-12-16(3,4)10-11-18/h6-9,13,17-18H,5,10-12H2,1-4H3. The number of rotatable bonds is 7. The highest BCUT2D eigenvalue weighted by Crippen LogP contribution is 2.21. The molecule has 0 saturated carbocycles. The molecule has 0 amide bonds. The molecule has 1 aromatic carbocycles. The zero-order valence-corrected chi connectivity index (χ0v) is 12.2. The molecule has 0 aliphatic carbocycles. The Morgan fingerprint density at radius 1 is 1.22 bits per heavy atom. The Kier molecular flexibility index (Phi) is 5.83. The Labute approximate surface area is 111 Å². The molecule has 1 unspecified atom stereocenters. The third kappa shape index (κ3) is 4.79. The summed E-state index contributed by atoms with van der Waals surface area (Å²) in [6, 6.07) is 9.16. The van der Waals surface area contributed by atoms with Gasteiger partial charge in [0.1, 0.15) is 0 Å². The van der Waals surface area contributed by atoms with Crippen molar-refractivity contribution >= 4 is 0 Å². The Morgan fingerprint density at radius 3 is 2.33 bits per heavy atom. The highest BCUT2D eigenvalue weighted by atomic mass is 16.3. The van der Waals surface area contributed by atoms with E-state index in [1.165, 1.54) is 11.1 Å². The van der Waals surface area contributed by atoms with Gasteiger partial charge in [-0.05, 0) is 36.3 Å². The van der Waals surface area contributed by atoms with E-state index in [1.807, 2.05) is 0 Å². The van der Waals surface area contributed by atoms with Crippen molar-refractivity contribution in [1.82, 2.24) is 5.32 Å². The van der Waals surface area contributed by atoms with E-state index in [1.54, 1.807) is 0 Å². The van der Waals surface area contributed by atoms with Crippen LogP contribution in [0.4, 0.5) is 0 Å². The van der Waals surface area contributed by atoms with Crippen LogP contribution < -0.4 is 5.32 Å². The van der Waals surface area contributed by atoms with Gasteiger partial charge >= 0.3 is 0 Å². The van der Waals surface area contributed by atoms with Crippen molar-refractivity contribution in [2.24, 2.45) is 5.41 Å². The van der Waals surface area contributed by atoms with Crippen LogP contribution in [-0.2, 0) is 6.42 Å². The third-order valence-corrected chi connectivity index (χ3v) is 3.56. The van der Waals surface area contributed by atoms with Crippen molar-refractivity contribution in [2.45, 2.75) is 46.6 Å². The molecule has 0 aliphatic rings. The van der Waals surface area contributed by atoms with E-state index in [2.05, 4.69) is 57.3 Å². The number of nitrogens with one attached hydrogen (secondary N) is 1. The number of benzene rings is 1. The van der Waals surface area contributed by atoms with Crippen LogP contribution in [0.25, 0.3) is 0 Å². The van der Waals surface area contributed by atoms with Gasteiger partial charge in [0.05, 0.1) is 0 Å². The number of aliphatic hydroxyl groups excluding tert-OH is 1. The topological polar surface area (TPSA) is 32.3 Å².